The first kappa shape index (κ1) is 18.8. The molecule has 1 aromatic heterocycles. The van der Waals surface area contributed by atoms with Crippen molar-refractivity contribution in [1.29, 1.82) is 0 Å². The van der Waals surface area contributed by atoms with Crippen LogP contribution >= 0.6 is 0 Å². The van der Waals surface area contributed by atoms with Crippen LogP contribution in [0.4, 0.5) is 4.39 Å². The Morgan fingerprint density at radius 1 is 1.11 bits per heavy atom. The first-order valence-electron chi connectivity index (χ1n) is 10.0. The zero-order valence-corrected chi connectivity index (χ0v) is 15.9. The number of H-pyrrole nitrogens is 1. The average Bonchev–Trinajstić information content (AvgIpc) is 3.01. The standard InChI is InChI=1S/C21H25FN4O2/c22-18-7-6-14(12-17(18)21(28)26-10-3-8-23-9-11-26)13-19-15-4-1-2-5-16(15)20(27)25-24-19/h6-7,12,23H,1-5,8-11,13H2,(H,25,27). The predicted molar refractivity (Wildman–Crippen MR) is 104 cm³/mol. The molecule has 0 atom stereocenters. The molecule has 2 aromatic rings. The van der Waals surface area contributed by atoms with Crippen molar-refractivity contribution in [2.24, 2.45) is 0 Å². The van der Waals surface area contributed by atoms with Gasteiger partial charge < -0.3 is 10.2 Å². The highest BCUT2D eigenvalue weighted by molar-refractivity contribution is 5.94. The quantitative estimate of drug-likeness (QED) is 0.846. The van der Waals surface area contributed by atoms with Crippen LogP contribution in [0.15, 0.2) is 23.0 Å². The fourth-order valence-electron chi connectivity index (χ4n) is 4.13. The van der Waals surface area contributed by atoms with E-state index in [1.165, 1.54) is 6.07 Å². The lowest BCUT2D eigenvalue weighted by molar-refractivity contribution is 0.0761. The van der Waals surface area contributed by atoms with Crippen LogP contribution in [-0.4, -0.2) is 47.2 Å². The molecular formula is C21H25FN4O2. The molecule has 1 aliphatic carbocycles. The van der Waals surface area contributed by atoms with Crippen molar-refractivity contribution in [2.75, 3.05) is 26.2 Å². The number of carbonyl (C=O) groups excluding carboxylic acids is 1. The van der Waals surface area contributed by atoms with E-state index < -0.39 is 5.82 Å². The van der Waals surface area contributed by atoms with Gasteiger partial charge in [0.2, 0.25) is 0 Å². The van der Waals surface area contributed by atoms with Gasteiger partial charge in [0.05, 0.1) is 11.3 Å². The van der Waals surface area contributed by atoms with Crippen LogP contribution in [0, 0.1) is 5.82 Å². The molecule has 0 bridgehead atoms. The molecule has 2 N–H and O–H groups in total. The summed E-state index contributed by atoms with van der Waals surface area (Å²) in [6, 6.07) is 4.69. The summed E-state index contributed by atoms with van der Waals surface area (Å²) in [6.07, 6.45) is 5.01. The summed E-state index contributed by atoms with van der Waals surface area (Å²) < 4.78 is 14.4. The second-order valence-electron chi connectivity index (χ2n) is 7.55. The van der Waals surface area contributed by atoms with E-state index in [1.807, 2.05) is 0 Å². The van der Waals surface area contributed by atoms with Crippen molar-refractivity contribution in [3.8, 4) is 0 Å². The number of carbonyl (C=O) groups is 1. The van der Waals surface area contributed by atoms with Crippen molar-refractivity contribution in [3.05, 3.63) is 62.3 Å². The first-order chi connectivity index (χ1) is 13.6. The lowest BCUT2D eigenvalue weighted by Gasteiger charge is -2.21. The number of halogens is 1. The highest BCUT2D eigenvalue weighted by atomic mass is 19.1. The summed E-state index contributed by atoms with van der Waals surface area (Å²) in [5.74, 6) is -0.762. The second-order valence-corrected chi connectivity index (χ2v) is 7.55. The third-order valence-corrected chi connectivity index (χ3v) is 5.64. The lowest BCUT2D eigenvalue weighted by Crippen LogP contribution is -2.34. The van der Waals surface area contributed by atoms with E-state index in [-0.39, 0.29) is 17.0 Å². The molecular weight excluding hydrogens is 359 g/mol. The summed E-state index contributed by atoms with van der Waals surface area (Å²) in [5.41, 5.74) is 3.49. The lowest BCUT2D eigenvalue weighted by atomic mass is 9.90. The molecule has 1 amide bonds. The van der Waals surface area contributed by atoms with E-state index in [9.17, 15) is 14.0 Å². The van der Waals surface area contributed by atoms with Gasteiger partial charge in [-0.3, -0.25) is 9.59 Å². The van der Waals surface area contributed by atoms with E-state index in [2.05, 4.69) is 15.5 Å². The fraction of sp³-hybridized carbons (Fsp3) is 0.476. The number of nitrogens with one attached hydrogen (secondary N) is 2. The number of fused-ring (bicyclic) bond motifs is 1. The Morgan fingerprint density at radius 3 is 2.79 bits per heavy atom. The Morgan fingerprint density at radius 2 is 1.93 bits per heavy atom. The number of aromatic amines is 1. The maximum atomic E-state index is 14.4. The Kier molecular flexibility index (Phi) is 5.52. The molecule has 7 heteroatoms. The fourth-order valence-corrected chi connectivity index (χ4v) is 4.13. The van der Waals surface area contributed by atoms with E-state index in [4.69, 9.17) is 0 Å². The van der Waals surface area contributed by atoms with Crippen LogP contribution in [-0.2, 0) is 19.3 Å². The molecule has 0 saturated carbocycles. The highest BCUT2D eigenvalue weighted by Gasteiger charge is 2.22. The molecule has 0 unspecified atom stereocenters. The molecule has 1 saturated heterocycles. The molecule has 28 heavy (non-hydrogen) atoms. The van der Waals surface area contributed by atoms with Crippen LogP contribution < -0.4 is 10.9 Å². The van der Waals surface area contributed by atoms with Gasteiger partial charge in [0.1, 0.15) is 5.82 Å². The molecule has 148 valence electrons. The summed E-state index contributed by atoms with van der Waals surface area (Å²) in [7, 11) is 0. The van der Waals surface area contributed by atoms with Crippen LogP contribution in [0.1, 0.15) is 52.0 Å². The Balaban J connectivity index is 1.61. The average molecular weight is 384 g/mol. The van der Waals surface area contributed by atoms with Gasteiger partial charge in [0.25, 0.3) is 11.5 Å². The third kappa shape index (κ3) is 3.85. The van der Waals surface area contributed by atoms with Gasteiger partial charge in [-0.15, -0.1) is 0 Å². The molecule has 0 spiro atoms. The monoisotopic (exact) mass is 384 g/mol. The van der Waals surface area contributed by atoms with Crippen LogP contribution in [0.25, 0.3) is 0 Å². The Bertz CT molecular complexity index is 932. The number of rotatable bonds is 3. The Labute approximate surface area is 163 Å². The van der Waals surface area contributed by atoms with Gasteiger partial charge in [-0.05, 0) is 61.9 Å². The maximum Gasteiger partial charge on any atom is 0.267 e. The van der Waals surface area contributed by atoms with Gasteiger partial charge in [-0.1, -0.05) is 6.07 Å². The molecule has 1 fully saturated rings. The van der Waals surface area contributed by atoms with Crippen LogP contribution in [0.3, 0.4) is 0 Å². The van der Waals surface area contributed by atoms with Gasteiger partial charge >= 0.3 is 0 Å². The number of aromatic nitrogens is 2. The summed E-state index contributed by atoms with van der Waals surface area (Å²) in [6.45, 7) is 2.80. The molecule has 6 nitrogen and oxygen atoms in total. The van der Waals surface area contributed by atoms with Crippen molar-refractivity contribution in [1.82, 2.24) is 20.4 Å². The SMILES string of the molecule is O=C(c1cc(Cc2n[nH]c(=O)c3c2CCCC3)ccc1F)N1CCCNCC1. The summed E-state index contributed by atoms with van der Waals surface area (Å²) in [4.78, 5) is 26.6. The van der Waals surface area contributed by atoms with Crippen molar-refractivity contribution < 1.29 is 9.18 Å². The molecule has 1 aromatic carbocycles. The zero-order valence-electron chi connectivity index (χ0n) is 15.9. The van der Waals surface area contributed by atoms with E-state index in [0.717, 1.165) is 67.6 Å². The van der Waals surface area contributed by atoms with E-state index in [0.29, 0.717) is 19.5 Å². The number of nitrogens with zero attached hydrogens (tertiary/aromatic N) is 2. The predicted octanol–water partition coefficient (Wildman–Crippen LogP) is 1.81. The summed E-state index contributed by atoms with van der Waals surface area (Å²) in [5, 5.41) is 10.1. The minimum absolute atomic E-state index is 0.108. The topological polar surface area (TPSA) is 78.1 Å². The van der Waals surface area contributed by atoms with Gasteiger partial charge in [-0.2, -0.15) is 5.10 Å². The second kappa shape index (κ2) is 8.22. The molecule has 2 aliphatic rings. The van der Waals surface area contributed by atoms with E-state index in [1.54, 1.807) is 17.0 Å². The Hall–Kier alpha value is -2.54. The smallest absolute Gasteiger partial charge is 0.267 e. The normalized spacial score (nSPS) is 17.1. The van der Waals surface area contributed by atoms with E-state index >= 15 is 0 Å². The van der Waals surface area contributed by atoms with Crippen LogP contribution in [0.5, 0.6) is 0 Å². The number of benzene rings is 1. The van der Waals surface area contributed by atoms with Gasteiger partial charge in [0, 0.05) is 31.6 Å². The highest BCUT2D eigenvalue weighted by Crippen LogP contribution is 2.23. The van der Waals surface area contributed by atoms with Gasteiger partial charge in [-0.25, -0.2) is 9.49 Å². The number of hydrogen-bond acceptors (Lipinski definition) is 4. The maximum absolute atomic E-state index is 14.4. The molecule has 4 rings (SSSR count). The summed E-state index contributed by atoms with van der Waals surface area (Å²) >= 11 is 0. The van der Waals surface area contributed by atoms with Gasteiger partial charge in [0.15, 0.2) is 0 Å². The number of amides is 1. The molecule has 2 heterocycles. The number of hydrogen-bond donors (Lipinski definition) is 2. The van der Waals surface area contributed by atoms with Crippen molar-refractivity contribution >= 4 is 5.91 Å². The third-order valence-electron chi connectivity index (χ3n) is 5.64. The first-order valence-corrected chi connectivity index (χ1v) is 10.0. The zero-order chi connectivity index (χ0) is 19.5. The van der Waals surface area contributed by atoms with Crippen molar-refractivity contribution in [3.63, 3.8) is 0 Å². The minimum atomic E-state index is -0.498. The molecule has 0 radical (unpaired) electrons. The largest absolute Gasteiger partial charge is 0.337 e. The van der Waals surface area contributed by atoms with Crippen molar-refractivity contribution in [2.45, 2.75) is 38.5 Å². The molecule has 1 aliphatic heterocycles. The van der Waals surface area contributed by atoms with Crippen LogP contribution in [0.2, 0.25) is 0 Å². The minimum Gasteiger partial charge on any atom is -0.337 e.